The van der Waals surface area contributed by atoms with Gasteiger partial charge in [0.15, 0.2) is 0 Å². The van der Waals surface area contributed by atoms with E-state index in [2.05, 4.69) is 31.1 Å². The first-order valence-electron chi connectivity index (χ1n) is 9.68. The molecule has 0 radical (unpaired) electrons. The van der Waals surface area contributed by atoms with Crippen LogP contribution >= 0.6 is 12.6 Å². The topological polar surface area (TPSA) is 56.5 Å². The van der Waals surface area contributed by atoms with Crippen LogP contribution in [0.4, 0.5) is 5.69 Å². The molecular weight excluding hydrogens is 368 g/mol. The fourth-order valence-electron chi connectivity index (χ4n) is 3.70. The molecule has 0 amide bonds. The summed E-state index contributed by atoms with van der Waals surface area (Å²) >= 11 is 3.53. The number of nitrogens with two attached hydrogens (primary N) is 1. The molecule has 4 nitrogen and oxygen atoms in total. The van der Waals surface area contributed by atoms with Crippen LogP contribution in [0.1, 0.15) is 49.3 Å². The largest absolute Gasteiger partial charge is 0.489 e. The average molecular weight is 405 g/mol. The molecule has 1 aliphatic carbocycles. The third-order valence-corrected chi connectivity index (χ3v) is 4.92. The zero-order valence-electron chi connectivity index (χ0n) is 18.0. The monoisotopic (exact) mass is 404 g/mol. The third kappa shape index (κ3) is 6.64. The Balaban J connectivity index is 0.00000190. The van der Waals surface area contributed by atoms with E-state index in [-0.39, 0.29) is 12.2 Å². The molecule has 3 N–H and O–H groups in total. The number of methoxy groups -OCH3 is 1. The molecule has 0 spiro atoms. The molecule has 1 aromatic carbocycles. The molecule has 1 fully saturated rings. The zero-order valence-corrected chi connectivity index (χ0v) is 18.9. The smallest absolute Gasteiger partial charge is 0.138 e. The Morgan fingerprint density at radius 2 is 1.75 bits per heavy atom. The Kier molecular flexibility index (Phi) is 10.3. The molecule has 0 bridgehead atoms. The van der Waals surface area contributed by atoms with Crippen LogP contribution in [0.15, 0.2) is 42.8 Å². The van der Waals surface area contributed by atoms with Gasteiger partial charge in [-0.3, -0.25) is 0 Å². The number of nitrogens with one attached hydrogen (secondary N) is 1. The summed E-state index contributed by atoms with van der Waals surface area (Å²) in [5.41, 5.74) is 11.4. The zero-order chi connectivity index (χ0) is 21.3. The standard InChI is InChI=1S/C22H32N2O2.CH4S/c1-7-21(26-20-10-8-9-19(13-20)25-6)16(4)24-17(5)22-14(2)11-18(23)12-15(22)3;1-2/h7,11-12,19-20,24H,4-5,8-10,13,23H2,1-3,6H3;2H,1H3/b21-7+;. The summed E-state index contributed by atoms with van der Waals surface area (Å²) in [5.74, 6) is 0.763. The van der Waals surface area contributed by atoms with Crippen LogP contribution in [0, 0.1) is 13.8 Å². The fourth-order valence-corrected chi connectivity index (χ4v) is 3.70. The number of thiol groups is 1. The lowest BCUT2D eigenvalue weighted by Gasteiger charge is -2.30. The van der Waals surface area contributed by atoms with E-state index in [1.165, 1.54) is 0 Å². The first-order valence-corrected chi connectivity index (χ1v) is 10.6. The van der Waals surface area contributed by atoms with Gasteiger partial charge in [-0.05, 0) is 75.6 Å². The lowest BCUT2D eigenvalue weighted by molar-refractivity contribution is -0.00233. The Hall–Kier alpha value is -1.85. The molecule has 0 aliphatic heterocycles. The highest BCUT2D eigenvalue weighted by Crippen LogP contribution is 2.28. The maximum Gasteiger partial charge on any atom is 0.138 e. The number of rotatable bonds is 7. The summed E-state index contributed by atoms with van der Waals surface area (Å²) in [6.07, 6.45) is 8.26. The van der Waals surface area contributed by atoms with E-state index in [4.69, 9.17) is 15.2 Å². The highest BCUT2D eigenvalue weighted by Gasteiger charge is 2.24. The number of anilines is 1. The lowest BCUT2D eigenvalue weighted by Crippen LogP contribution is -2.28. The van der Waals surface area contributed by atoms with Gasteiger partial charge in [0.25, 0.3) is 0 Å². The van der Waals surface area contributed by atoms with Gasteiger partial charge in [-0.2, -0.15) is 12.6 Å². The van der Waals surface area contributed by atoms with Crippen molar-refractivity contribution in [2.24, 2.45) is 0 Å². The van der Waals surface area contributed by atoms with Gasteiger partial charge < -0.3 is 20.5 Å². The maximum absolute atomic E-state index is 6.21. The number of ether oxygens (including phenoxy) is 2. The van der Waals surface area contributed by atoms with Crippen molar-refractivity contribution in [1.82, 2.24) is 5.32 Å². The molecule has 5 heteroatoms. The number of allylic oxidation sites excluding steroid dienone is 1. The maximum atomic E-state index is 6.21. The van der Waals surface area contributed by atoms with Gasteiger partial charge in [-0.1, -0.05) is 13.2 Å². The molecule has 1 aromatic rings. The Morgan fingerprint density at radius 3 is 2.29 bits per heavy atom. The summed E-state index contributed by atoms with van der Waals surface area (Å²) in [6, 6.07) is 3.91. The van der Waals surface area contributed by atoms with Crippen LogP contribution in [0.5, 0.6) is 0 Å². The number of aryl methyl sites for hydroxylation is 2. The number of benzene rings is 1. The van der Waals surface area contributed by atoms with Crippen LogP contribution in [0.25, 0.3) is 5.70 Å². The highest BCUT2D eigenvalue weighted by molar-refractivity contribution is 7.79. The summed E-state index contributed by atoms with van der Waals surface area (Å²) in [7, 11) is 1.77. The van der Waals surface area contributed by atoms with Crippen molar-refractivity contribution in [1.29, 1.82) is 0 Å². The van der Waals surface area contributed by atoms with Gasteiger partial charge in [0.1, 0.15) is 11.9 Å². The predicted molar refractivity (Wildman–Crippen MR) is 124 cm³/mol. The van der Waals surface area contributed by atoms with Crippen LogP contribution in [0.3, 0.4) is 0 Å². The molecule has 0 aromatic heterocycles. The lowest BCUT2D eigenvalue weighted by atomic mass is 9.95. The molecule has 1 saturated carbocycles. The van der Waals surface area contributed by atoms with Crippen molar-refractivity contribution in [2.75, 3.05) is 19.1 Å². The van der Waals surface area contributed by atoms with E-state index < -0.39 is 0 Å². The number of hydrogen-bond donors (Lipinski definition) is 3. The highest BCUT2D eigenvalue weighted by atomic mass is 32.1. The van der Waals surface area contributed by atoms with Crippen LogP contribution in [-0.2, 0) is 9.47 Å². The van der Waals surface area contributed by atoms with Crippen molar-refractivity contribution in [3.8, 4) is 0 Å². The first-order chi connectivity index (χ1) is 13.3. The van der Waals surface area contributed by atoms with Crippen LogP contribution < -0.4 is 11.1 Å². The molecule has 2 atom stereocenters. The van der Waals surface area contributed by atoms with Gasteiger partial charge in [0, 0.05) is 30.5 Å². The molecule has 2 unspecified atom stereocenters. The van der Waals surface area contributed by atoms with Gasteiger partial charge in [-0.25, -0.2) is 0 Å². The summed E-state index contributed by atoms with van der Waals surface area (Å²) in [6.45, 7) is 14.4. The van der Waals surface area contributed by atoms with Gasteiger partial charge in [0.2, 0.25) is 0 Å². The second kappa shape index (κ2) is 11.9. The summed E-state index contributed by atoms with van der Waals surface area (Å²) in [4.78, 5) is 0. The third-order valence-electron chi connectivity index (χ3n) is 4.92. The fraction of sp³-hybridized carbons (Fsp3) is 0.478. The minimum absolute atomic E-state index is 0.159. The van der Waals surface area contributed by atoms with E-state index >= 15 is 0 Å². The second-order valence-electron chi connectivity index (χ2n) is 7.03. The average Bonchev–Trinajstić information content (AvgIpc) is 2.66. The van der Waals surface area contributed by atoms with Gasteiger partial charge >= 0.3 is 0 Å². The van der Waals surface area contributed by atoms with E-state index in [1.807, 2.05) is 39.0 Å². The minimum Gasteiger partial charge on any atom is -0.489 e. The van der Waals surface area contributed by atoms with E-state index in [9.17, 15) is 0 Å². The summed E-state index contributed by atoms with van der Waals surface area (Å²) in [5, 5.41) is 3.31. The number of nitrogen functional groups attached to an aromatic ring is 1. The van der Waals surface area contributed by atoms with Crippen molar-refractivity contribution in [3.05, 3.63) is 59.5 Å². The number of hydrogen-bond acceptors (Lipinski definition) is 5. The second-order valence-corrected chi connectivity index (χ2v) is 7.03. The molecule has 2 rings (SSSR count). The molecule has 1 aliphatic rings. The quantitative estimate of drug-likeness (QED) is 0.247. The van der Waals surface area contributed by atoms with Crippen molar-refractivity contribution < 1.29 is 9.47 Å². The Labute approximate surface area is 176 Å². The normalized spacial score (nSPS) is 19.3. The molecule has 28 heavy (non-hydrogen) atoms. The van der Waals surface area contributed by atoms with E-state index in [1.54, 1.807) is 13.4 Å². The van der Waals surface area contributed by atoms with E-state index in [0.717, 1.165) is 59.5 Å². The van der Waals surface area contributed by atoms with Crippen molar-refractivity contribution in [2.45, 2.75) is 58.7 Å². The first kappa shape index (κ1) is 24.2. The van der Waals surface area contributed by atoms with Crippen LogP contribution in [-0.4, -0.2) is 25.6 Å². The molecule has 0 saturated heterocycles. The Morgan fingerprint density at radius 1 is 1.18 bits per heavy atom. The Bertz CT molecular complexity index is 690. The van der Waals surface area contributed by atoms with Gasteiger partial charge in [-0.15, -0.1) is 0 Å². The summed E-state index contributed by atoms with van der Waals surface area (Å²) < 4.78 is 11.7. The van der Waals surface area contributed by atoms with Crippen molar-refractivity contribution >= 4 is 24.0 Å². The van der Waals surface area contributed by atoms with Crippen LogP contribution in [0.2, 0.25) is 0 Å². The minimum atomic E-state index is 0.159. The van der Waals surface area contributed by atoms with Gasteiger partial charge in [0.05, 0.1) is 11.8 Å². The predicted octanol–water partition coefficient (Wildman–Crippen LogP) is 5.38. The molecule has 0 heterocycles. The SMILES string of the molecule is C=C(NC(=C)c1c(C)cc(N)cc1C)/C(=C\C)OC1CCCC(OC)C1.CS. The molecule has 156 valence electrons. The molecular formula is C23H36N2O2S. The van der Waals surface area contributed by atoms with Crippen molar-refractivity contribution in [3.63, 3.8) is 0 Å². The van der Waals surface area contributed by atoms with E-state index in [0.29, 0.717) is 5.70 Å².